The Bertz CT molecular complexity index is 2250. The Hall–Kier alpha value is -5.02. The summed E-state index contributed by atoms with van der Waals surface area (Å²) in [6.07, 6.45) is 21.5. The molecule has 3 heteroatoms. The third kappa shape index (κ3) is 2.95. The van der Waals surface area contributed by atoms with E-state index in [2.05, 4.69) is 162 Å². The van der Waals surface area contributed by atoms with Crippen molar-refractivity contribution >= 4 is 49.3 Å². The van der Waals surface area contributed by atoms with E-state index in [1.165, 1.54) is 66.2 Å². The summed E-state index contributed by atoms with van der Waals surface area (Å²) in [6, 6.07) is 29.3. The molecule has 0 radical (unpaired) electrons. The van der Waals surface area contributed by atoms with Gasteiger partial charge in [0.25, 0.3) is 0 Å². The van der Waals surface area contributed by atoms with Crippen LogP contribution >= 0.6 is 0 Å². The summed E-state index contributed by atoms with van der Waals surface area (Å²) in [5, 5.41) is 5.19. The number of para-hydroxylation sites is 2. The van der Waals surface area contributed by atoms with Crippen LogP contribution < -0.4 is 4.90 Å². The molecule has 2 unspecified atom stereocenters. The third-order valence-electron chi connectivity index (χ3n) is 9.75. The summed E-state index contributed by atoms with van der Waals surface area (Å²) in [4.78, 5) is 2.60. The Kier molecular flexibility index (Phi) is 4.79. The fourth-order valence-corrected chi connectivity index (χ4v) is 7.85. The van der Waals surface area contributed by atoms with Gasteiger partial charge >= 0.3 is 0 Å². The molecule has 3 nitrogen and oxygen atoms in total. The van der Waals surface area contributed by atoms with Gasteiger partial charge < -0.3 is 14.0 Å². The molecule has 9 rings (SSSR count). The third-order valence-corrected chi connectivity index (χ3v) is 9.75. The number of nitrogens with zero attached hydrogens (tertiary/aromatic N) is 3. The van der Waals surface area contributed by atoms with Gasteiger partial charge in [-0.05, 0) is 55.3 Å². The second-order valence-corrected chi connectivity index (χ2v) is 12.0. The average Bonchev–Trinajstić information content (AvgIpc) is 3.49. The highest BCUT2D eigenvalue weighted by Crippen LogP contribution is 2.55. The zero-order valence-electron chi connectivity index (χ0n) is 23.8. The molecule has 202 valence electrons. The second-order valence-electron chi connectivity index (χ2n) is 12.0. The molecular formula is C39H31N3. The summed E-state index contributed by atoms with van der Waals surface area (Å²) in [7, 11) is 2.21. The van der Waals surface area contributed by atoms with Crippen LogP contribution in [0.25, 0.3) is 49.3 Å². The molecule has 0 saturated heterocycles. The zero-order chi connectivity index (χ0) is 28.0. The topological polar surface area (TPSA) is 13.1 Å². The summed E-state index contributed by atoms with van der Waals surface area (Å²) >= 11 is 0. The lowest BCUT2D eigenvalue weighted by atomic mass is 9.76. The van der Waals surface area contributed by atoms with Gasteiger partial charge in [0.1, 0.15) is 0 Å². The molecule has 2 aromatic heterocycles. The van der Waals surface area contributed by atoms with E-state index in [9.17, 15) is 0 Å². The van der Waals surface area contributed by atoms with Crippen molar-refractivity contribution in [3.05, 3.63) is 145 Å². The number of hydrogen-bond donors (Lipinski definition) is 0. The van der Waals surface area contributed by atoms with Gasteiger partial charge in [0, 0.05) is 50.9 Å². The van der Waals surface area contributed by atoms with Crippen molar-refractivity contribution in [2.45, 2.75) is 24.8 Å². The normalized spacial score (nSPS) is 21.0. The van der Waals surface area contributed by atoms with Gasteiger partial charge in [-0.3, -0.25) is 0 Å². The summed E-state index contributed by atoms with van der Waals surface area (Å²) < 4.78 is 4.88. The quantitative estimate of drug-likeness (QED) is 0.213. The number of aromatic nitrogens is 2. The van der Waals surface area contributed by atoms with Crippen molar-refractivity contribution < 1.29 is 0 Å². The molecule has 3 heterocycles. The van der Waals surface area contributed by atoms with Crippen molar-refractivity contribution in [3.8, 4) is 5.69 Å². The van der Waals surface area contributed by atoms with E-state index >= 15 is 0 Å². The molecule has 1 aliphatic heterocycles. The van der Waals surface area contributed by atoms with Gasteiger partial charge in [-0.1, -0.05) is 97.1 Å². The number of anilines is 1. The molecule has 4 aromatic carbocycles. The highest BCUT2D eigenvalue weighted by Gasteiger charge is 2.48. The fraction of sp³-hybridized carbons (Fsp3) is 0.128. The Morgan fingerprint density at radius 2 is 1.57 bits per heavy atom. The van der Waals surface area contributed by atoms with E-state index in [0.717, 1.165) is 6.42 Å². The average molecular weight is 542 g/mol. The number of rotatable bonds is 2. The van der Waals surface area contributed by atoms with Gasteiger partial charge in [-0.25, -0.2) is 0 Å². The van der Waals surface area contributed by atoms with Crippen molar-refractivity contribution in [2.24, 2.45) is 7.05 Å². The lowest BCUT2D eigenvalue weighted by Gasteiger charge is -2.35. The maximum atomic E-state index is 2.60. The van der Waals surface area contributed by atoms with Gasteiger partial charge in [0.15, 0.2) is 0 Å². The molecule has 42 heavy (non-hydrogen) atoms. The molecule has 0 fully saturated rings. The molecule has 0 bridgehead atoms. The lowest BCUT2D eigenvalue weighted by Crippen LogP contribution is -2.40. The molecule has 0 spiro atoms. The predicted octanol–water partition coefficient (Wildman–Crippen LogP) is 9.40. The highest BCUT2D eigenvalue weighted by molar-refractivity contribution is 6.26. The van der Waals surface area contributed by atoms with Crippen molar-refractivity contribution in [3.63, 3.8) is 0 Å². The molecule has 6 aromatic rings. The molecule has 2 atom stereocenters. The van der Waals surface area contributed by atoms with Crippen LogP contribution in [0, 0.1) is 0 Å². The number of aryl methyl sites for hydroxylation is 1. The van der Waals surface area contributed by atoms with Crippen LogP contribution in [0.2, 0.25) is 0 Å². The highest BCUT2D eigenvalue weighted by atomic mass is 15.2. The van der Waals surface area contributed by atoms with Crippen LogP contribution in [0.4, 0.5) is 5.69 Å². The standard InChI is InChI=1S/C39H31N3/c1-39-25-13-12-20-34(39)42(27-16-6-3-4-7-17-27)38-31(39)23-24-33-35(38)30-22-21-29-28-18-10-11-19-32(28)40(2)36(29)37(30)41(33)26-14-8-5-9-15-26/h3,5-25,34H,4H2,1-2H3. The largest absolute Gasteiger partial charge is 0.342 e. The maximum absolute atomic E-state index is 2.60. The Morgan fingerprint density at radius 1 is 0.738 bits per heavy atom. The zero-order valence-corrected chi connectivity index (χ0v) is 23.8. The van der Waals surface area contributed by atoms with Gasteiger partial charge in [-0.15, -0.1) is 0 Å². The van der Waals surface area contributed by atoms with Crippen LogP contribution in [0.1, 0.15) is 18.9 Å². The van der Waals surface area contributed by atoms with E-state index in [1.807, 2.05) is 0 Å². The number of fused-ring (bicyclic) bond motifs is 11. The molecule has 2 aliphatic carbocycles. The van der Waals surface area contributed by atoms with Gasteiger partial charge in [0.2, 0.25) is 0 Å². The maximum Gasteiger partial charge on any atom is 0.0785 e. The van der Waals surface area contributed by atoms with E-state index in [1.54, 1.807) is 0 Å². The smallest absolute Gasteiger partial charge is 0.0785 e. The second kappa shape index (κ2) is 8.50. The van der Waals surface area contributed by atoms with Crippen molar-refractivity contribution in [2.75, 3.05) is 4.90 Å². The van der Waals surface area contributed by atoms with Crippen LogP contribution in [-0.4, -0.2) is 15.2 Å². The molecule has 0 amide bonds. The minimum atomic E-state index is -0.131. The van der Waals surface area contributed by atoms with Crippen LogP contribution in [-0.2, 0) is 12.5 Å². The van der Waals surface area contributed by atoms with E-state index in [0.29, 0.717) is 0 Å². The van der Waals surface area contributed by atoms with Gasteiger partial charge in [0.05, 0.1) is 28.3 Å². The summed E-state index contributed by atoms with van der Waals surface area (Å²) in [5.41, 5.74) is 10.0. The van der Waals surface area contributed by atoms with E-state index < -0.39 is 0 Å². The van der Waals surface area contributed by atoms with Crippen LogP contribution in [0.15, 0.2) is 139 Å². The SMILES string of the molecule is Cn1c2ccccc2c2ccc3c4c5c(ccc4n(-c4ccccc4)c3c21)C1(C)C=CC=CC1N5C1=CC=CCC=C1. The lowest BCUT2D eigenvalue weighted by molar-refractivity contribution is 0.544. The van der Waals surface area contributed by atoms with E-state index in [-0.39, 0.29) is 11.5 Å². The molecular weight excluding hydrogens is 510 g/mol. The first-order valence-electron chi connectivity index (χ1n) is 14.9. The molecule has 0 saturated carbocycles. The van der Waals surface area contributed by atoms with E-state index in [4.69, 9.17) is 0 Å². The fourth-order valence-electron chi connectivity index (χ4n) is 7.85. The Labute approximate surface area is 245 Å². The number of hydrogen-bond acceptors (Lipinski definition) is 1. The van der Waals surface area contributed by atoms with Crippen molar-refractivity contribution in [1.29, 1.82) is 0 Å². The van der Waals surface area contributed by atoms with Crippen LogP contribution in [0.5, 0.6) is 0 Å². The van der Waals surface area contributed by atoms with Crippen LogP contribution in [0.3, 0.4) is 0 Å². The number of allylic oxidation sites excluding steroid dienone is 7. The first-order valence-corrected chi connectivity index (χ1v) is 14.9. The molecule has 0 N–H and O–H groups in total. The minimum absolute atomic E-state index is 0.131. The monoisotopic (exact) mass is 541 g/mol. The molecule has 3 aliphatic rings. The Balaban J connectivity index is 1.50. The summed E-state index contributed by atoms with van der Waals surface area (Å²) in [6.45, 7) is 2.40. The Morgan fingerprint density at radius 3 is 2.48 bits per heavy atom. The number of benzene rings is 4. The first kappa shape index (κ1) is 23.7. The minimum Gasteiger partial charge on any atom is -0.342 e. The van der Waals surface area contributed by atoms with Crippen molar-refractivity contribution in [1.82, 2.24) is 9.13 Å². The predicted molar refractivity (Wildman–Crippen MR) is 178 cm³/mol. The van der Waals surface area contributed by atoms with Gasteiger partial charge in [-0.2, -0.15) is 0 Å². The first-order chi connectivity index (χ1) is 20.7. The summed E-state index contributed by atoms with van der Waals surface area (Å²) in [5.74, 6) is 0.